The second-order valence-electron chi connectivity index (χ2n) is 9.02. The van der Waals surface area contributed by atoms with Crippen molar-refractivity contribution >= 4 is 39.0 Å². The number of fused-ring (bicyclic) bond motifs is 1. The van der Waals surface area contributed by atoms with Gasteiger partial charge in [0.2, 0.25) is 16.4 Å². The van der Waals surface area contributed by atoms with Crippen LogP contribution in [-0.4, -0.2) is 36.6 Å². The standard InChI is InChI=1S/C23H21F2N5O3S/c24-18-11-20(29-34(32,33)12-23(4-5-23)6-7-26)19(25)9-17(18)16-10-21(30(13-31)14-1-2-14)28-22-15(16)3-8-27-22/h3,8-11,13-14,29H,1-2,4-6,12H2,(H,27,28). The molecule has 34 heavy (non-hydrogen) atoms. The molecule has 2 aromatic heterocycles. The normalized spacial score (nSPS) is 16.7. The molecule has 2 N–H and O–H groups in total. The Balaban J connectivity index is 1.50. The van der Waals surface area contributed by atoms with E-state index in [0.717, 1.165) is 25.0 Å². The van der Waals surface area contributed by atoms with Crippen molar-refractivity contribution in [1.82, 2.24) is 9.97 Å². The van der Waals surface area contributed by atoms with Crippen molar-refractivity contribution < 1.29 is 22.0 Å². The minimum Gasteiger partial charge on any atom is -0.346 e. The van der Waals surface area contributed by atoms with E-state index in [4.69, 9.17) is 5.26 Å². The van der Waals surface area contributed by atoms with Crippen LogP contribution in [0.25, 0.3) is 22.2 Å². The molecule has 2 heterocycles. The van der Waals surface area contributed by atoms with Crippen LogP contribution in [0.3, 0.4) is 0 Å². The van der Waals surface area contributed by atoms with Crippen molar-refractivity contribution in [2.24, 2.45) is 5.41 Å². The highest BCUT2D eigenvalue weighted by Crippen LogP contribution is 2.49. The number of nitriles is 1. The number of benzene rings is 1. The monoisotopic (exact) mass is 485 g/mol. The van der Waals surface area contributed by atoms with E-state index >= 15 is 4.39 Å². The first-order valence-electron chi connectivity index (χ1n) is 10.8. The number of rotatable bonds is 9. The van der Waals surface area contributed by atoms with Gasteiger partial charge in [0.05, 0.1) is 17.5 Å². The lowest BCUT2D eigenvalue weighted by Gasteiger charge is -2.18. The molecule has 3 aromatic rings. The molecule has 0 bridgehead atoms. The third-order valence-electron chi connectivity index (χ3n) is 6.35. The number of halogens is 2. The minimum atomic E-state index is -3.99. The predicted molar refractivity (Wildman–Crippen MR) is 122 cm³/mol. The summed E-state index contributed by atoms with van der Waals surface area (Å²) >= 11 is 0. The van der Waals surface area contributed by atoms with Crippen LogP contribution >= 0.6 is 0 Å². The van der Waals surface area contributed by atoms with Crippen molar-refractivity contribution in [2.45, 2.75) is 38.1 Å². The molecule has 0 spiro atoms. The zero-order valence-corrected chi connectivity index (χ0v) is 18.8. The van der Waals surface area contributed by atoms with Gasteiger partial charge in [0.1, 0.15) is 23.1 Å². The molecule has 0 radical (unpaired) electrons. The number of nitrogens with one attached hydrogen (secondary N) is 2. The number of hydrogen-bond acceptors (Lipinski definition) is 5. The number of anilines is 2. The molecule has 0 unspecified atom stereocenters. The zero-order valence-electron chi connectivity index (χ0n) is 18.0. The van der Waals surface area contributed by atoms with Gasteiger partial charge in [-0.3, -0.25) is 14.4 Å². The van der Waals surface area contributed by atoms with Gasteiger partial charge in [-0.15, -0.1) is 0 Å². The van der Waals surface area contributed by atoms with Gasteiger partial charge >= 0.3 is 0 Å². The van der Waals surface area contributed by atoms with Gasteiger partial charge in [0, 0.05) is 35.7 Å². The SMILES string of the molecule is N#CCC1(CS(=O)(=O)Nc2cc(F)c(-c3cc(N(C=O)C4CC4)nc4[nH]ccc34)cc2F)CC1. The van der Waals surface area contributed by atoms with Crippen LogP contribution in [-0.2, 0) is 14.8 Å². The lowest BCUT2D eigenvalue weighted by Crippen LogP contribution is -2.24. The van der Waals surface area contributed by atoms with Crippen LogP contribution in [0.5, 0.6) is 0 Å². The first-order chi connectivity index (χ1) is 16.2. The molecular formula is C23H21F2N5O3S. The molecule has 1 aromatic carbocycles. The van der Waals surface area contributed by atoms with Gasteiger partial charge < -0.3 is 4.98 Å². The molecule has 0 atom stereocenters. The average Bonchev–Trinajstić information content (AvgIpc) is 3.69. The molecule has 11 heteroatoms. The summed E-state index contributed by atoms with van der Waals surface area (Å²) in [6.45, 7) is 0. The Morgan fingerprint density at radius 2 is 2.00 bits per heavy atom. The molecule has 2 aliphatic carbocycles. The lowest BCUT2D eigenvalue weighted by atomic mass is 10.0. The quantitative estimate of drug-likeness (QED) is 0.443. The van der Waals surface area contributed by atoms with E-state index in [9.17, 15) is 17.6 Å². The molecule has 2 aliphatic rings. The number of H-pyrrole nitrogens is 1. The lowest BCUT2D eigenvalue weighted by molar-refractivity contribution is -0.107. The summed E-state index contributed by atoms with van der Waals surface area (Å²) in [6, 6.07) is 6.95. The zero-order chi connectivity index (χ0) is 24.1. The van der Waals surface area contributed by atoms with E-state index in [2.05, 4.69) is 14.7 Å². The fourth-order valence-corrected chi connectivity index (χ4v) is 5.97. The van der Waals surface area contributed by atoms with Gasteiger partial charge in [-0.1, -0.05) is 0 Å². The van der Waals surface area contributed by atoms with Crippen LogP contribution in [0.2, 0.25) is 0 Å². The average molecular weight is 486 g/mol. The maximum atomic E-state index is 15.2. The molecule has 176 valence electrons. The smallest absolute Gasteiger partial charge is 0.233 e. The summed E-state index contributed by atoms with van der Waals surface area (Å²) in [7, 11) is -3.99. The molecule has 2 saturated carbocycles. The predicted octanol–water partition coefficient (Wildman–Crippen LogP) is 4.07. The van der Waals surface area contributed by atoms with Gasteiger partial charge in [0.25, 0.3) is 0 Å². The first kappa shape index (κ1) is 22.3. The molecular weight excluding hydrogens is 464 g/mol. The summed E-state index contributed by atoms with van der Waals surface area (Å²) < 4.78 is 57.5. The van der Waals surface area contributed by atoms with Crippen LogP contribution in [0, 0.1) is 28.4 Å². The number of pyridine rings is 1. The van der Waals surface area contributed by atoms with Crippen LogP contribution < -0.4 is 9.62 Å². The van der Waals surface area contributed by atoms with Crippen molar-refractivity contribution in [3.63, 3.8) is 0 Å². The van der Waals surface area contributed by atoms with Gasteiger partial charge in [-0.25, -0.2) is 22.2 Å². The Morgan fingerprint density at radius 3 is 2.65 bits per heavy atom. The maximum Gasteiger partial charge on any atom is 0.233 e. The number of nitrogens with zero attached hydrogens (tertiary/aromatic N) is 3. The highest BCUT2D eigenvalue weighted by Gasteiger charge is 2.46. The maximum absolute atomic E-state index is 15.2. The Morgan fingerprint density at radius 1 is 1.24 bits per heavy atom. The van der Waals surface area contributed by atoms with Crippen molar-refractivity contribution in [3.8, 4) is 17.2 Å². The second kappa shape index (κ2) is 8.06. The van der Waals surface area contributed by atoms with E-state index in [-0.39, 0.29) is 23.8 Å². The fraction of sp³-hybridized carbons (Fsp3) is 0.348. The summed E-state index contributed by atoms with van der Waals surface area (Å²) in [4.78, 5) is 20.5. The number of amides is 1. The number of carbonyl (C=O) groups excluding carboxylic acids is 1. The van der Waals surface area contributed by atoms with Crippen LogP contribution in [0.4, 0.5) is 20.3 Å². The van der Waals surface area contributed by atoms with Crippen LogP contribution in [0.15, 0.2) is 30.5 Å². The van der Waals surface area contributed by atoms with E-state index < -0.39 is 32.8 Å². The van der Waals surface area contributed by atoms with Crippen LogP contribution in [0.1, 0.15) is 32.1 Å². The van der Waals surface area contributed by atoms with Crippen molar-refractivity contribution in [1.29, 1.82) is 5.26 Å². The number of aromatic nitrogens is 2. The van der Waals surface area contributed by atoms with E-state index in [1.165, 1.54) is 11.0 Å². The number of carbonyl (C=O) groups is 1. The van der Waals surface area contributed by atoms with E-state index in [1.54, 1.807) is 12.3 Å². The molecule has 5 rings (SSSR count). The number of sulfonamides is 1. The van der Waals surface area contributed by atoms with Gasteiger partial charge in [-0.05, 0) is 54.9 Å². The number of hydrogen-bond donors (Lipinski definition) is 2. The fourth-order valence-electron chi connectivity index (χ4n) is 4.21. The Bertz CT molecular complexity index is 1440. The Hall–Kier alpha value is -3.52. The second-order valence-corrected chi connectivity index (χ2v) is 10.7. The van der Waals surface area contributed by atoms with Gasteiger partial charge in [0.15, 0.2) is 0 Å². The minimum absolute atomic E-state index is 0.0272. The first-order valence-corrected chi connectivity index (χ1v) is 12.5. The number of aromatic amines is 1. The molecule has 8 nitrogen and oxygen atoms in total. The molecule has 1 amide bonds. The van der Waals surface area contributed by atoms with E-state index in [1.807, 2.05) is 6.07 Å². The summed E-state index contributed by atoms with van der Waals surface area (Å²) in [5, 5.41) is 9.44. The van der Waals surface area contributed by atoms with Gasteiger partial charge in [-0.2, -0.15) is 5.26 Å². The highest BCUT2D eigenvalue weighted by atomic mass is 32.2. The van der Waals surface area contributed by atoms with E-state index in [0.29, 0.717) is 41.7 Å². The molecule has 0 aliphatic heterocycles. The third kappa shape index (κ3) is 4.21. The Labute approximate surface area is 194 Å². The van der Waals surface area contributed by atoms with Crippen molar-refractivity contribution in [3.05, 3.63) is 42.1 Å². The summed E-state index contributed by atoms with van der Waals surface area (Å²) in [5.41, 5.74) is -0.462. The topological polar surface area (TPSA) is 119 Å². The summed E-state index contributed by atoms with van der Waals surface area (Å²) in [5.74, 6) is -1.78. The van der Waals surface area contributed by atoms with Crippen molar-refractivity contribution in [2.75, 3.05) is 15.4 Å². The summed E-state index contributed by atoms with van der Waals surface area (Å²) in [6.07, 6.45) is 5.27. The largest absolute Gasteiger partial charge is 0.346 e. The third-order valence-corrected chi connectivity index (χ3v) is 7.88. The molecule has 0 saturated heterocycles. The molecule has 2 fully saturated rings. The Kier molecular flexibility index (Phi) is 5.28. The highest BCUT2D eigenvalue weighted by molar-refractivity contribution is 7.92.